The predicted molar refractivity (Wildman–Crippen MR) is 92.9 cm³/mol. The molecule has 5 heteroatoms. The summed E-state index contributed by atoms with van der Waals surface area (Å²) in [5, 5.41) is 6.20. The summed E-state index contributed by atoms with van der Waals surface area (Å²) in [7, 11) is -3.65. The van der Waals surface area contributed by atoms with Crippen LogP contribution in [0.25, 0.3) is 10.8 Å². The molecule has 0 saturated heterocycles. The fraction of sp³-hybridized carbons (Fsp3) is 0.0556. The summed E-state index contributed by atoms with van der Waals surface area (Å²) >= 11 is 0. The van der Waals surface area contributed by atoms with E-state index < -0.39 is 10.0 Å². The molecule has 0 aromatic heterocycles. The number of benzene rings is 3. The summed E-state index contributed by atoms with van der Waals surface area (Å²) in [4.78, 5) is 2.49. The van der Waals surface area contributed by atoms with E-state index in [2.05, 4.69) is 9.93 Å². The lowest BCUT2D eigenvalue weighted by Crippen LogP contribution is -2.19. The van der Waals surface area contributed by atoms with Crippen molar-refractivity contribution in [3.8, 4) is 0 Å². The molecule has 1 N–H and O–H groups in total. The zero-order chi connectivity index (χ0) is 16.3. The molecule has 3 aromatic rings. The highest BCUT2D eigenvalue weighted by molar-refractivity contribution is 7.89. The van der Waals surface area contributed by atoms with Crippen molar-refractivity contribution in [2.24, 2.45) is 5.10 Å². The second-order valence-electron chi connectivity index (χ2n) is 5.13. The van der Waals surface area contributed by atoms with Crippen LogP contribution < -0.4 is 4.83 Å². The van der Waals surface area contributed by atoms with Gasteiger partial charge in [0.05, 0.1) is 10.6 Å². The van der Waals surface area contributed by atoms with E-state index in [1.54, 1.807) is 25.1 Å². The lowest BCUT2D eigenvalue weighted by atomic mass is 10.0. The molecule has 0 aliphatic heterocycles. The minimum absolute atomic E-state index is 0.189. The van der Waals surface area contributed by atoms with Crippen molar-refractivity contribution < 1.29 is 8.42 Å². The average Bonchev–Trinajstić information content (AvgIpc) is 2.60. The molecule has 3 rings (SSSR count). The molecule has 116 valence electrons. The monoisotopic (exact) mass is 324 g/mol. The lowest BCUT2D eigenvalue weighted by Gasteiger charge is -2.08. The Morgan fingerprint density at radius 3 is 2.30 bits per heavy atom. The first-order valence-corrected chi connectivity index (χ1v) is 8.65. The third kappa shape index (κ3) is 3.24. The molecule has 23 heavy (non-hydrogen) atoms. The molecule has 3 aromatic carbocycles. The summed E-state index contributed by atoms with van der Waals surface area (Å²) in [6, 6.07) is 22.0. The Morgan fingerprint density at radius 2 is 1.52 bits per heavy atom. The van der Waals surface area contributed by atoms with Gasteiger partial charge in [-0.05, 0) is 29.8 Å². The summed E-state index contributed by atoms with van der Waals surface area (Å²) in [6.45, 7) is 1.79. The molecule has 0 heterocycles. The van der Waals surface area contributed by atoms with Gasteiger partial charge >= 0.3 is 0 Å². The first-order chi connectivity index (χ1) is 11.1. The van der Waals surface area contributed by atoms with Crippen LogP contribution in [0.5, 0.6) is 0 Å². The minimum atomic E-state index is -3.65. The number of nitrogens with zero attached hydrogens (tertiary/aromatic N) is 1. The van der Waals surface area contributed by atoms with Crippen LogP contribution in [0.1, 0.15) is 12.5 Å². The third-order valence-electron chi connectivity index (χ3n) is 3.57. The van der Waals surface area contributed by atoms with Gasteiger partial charge in [0.25, 0.3) is 10.0 Å². The lowest BCUT2D eigenvalue weighted by molar-refractivity contribution is 0.584. The number of nitrogens with one attached hydrogen (secondary N) is 1. The molecule has 0 atom stereocenters. The quantitative estimate of drug-likeness (QED) is 0.589. The number of rotatable bonds is 4. The van der Waals surface area contributed by atoms with Crippen molar-refractivity contribution in [3.63, 3.8) is 0 Å². The molecular formula is C18H16N2O2S. The van der Waals surface area contributed by atoms with Gasteiger partial charge in [0.2, 0.25) is 0 Å². The highest BCUT2D eigenvalue weighted by Gasteiger charge is 2.12. The zero-order valence-electron chi connectivity index (χ0n) is 12.6. The fourth-order valence-corrected chi connectivity index (χ4v) is 3.26. The van der Waals surface area contributed by atoms with Gasteiger partial charge in [-0.15, -0.1) is 0 Å². The maximum absolute atomic E-state index is 12.2. The van der Waals surface area contributed by atoms with E-state index in [1.807, 2.05) is 42.5 Å². The highest BCUT2D eigenvalue weighted by Crippen LogP contribution is 2.19. The molecule has 0 aliphatic rings. The van der Waals surface area contributed by atoms with Crippen LogP contribution in [-0.4, -0.2) is 14.1 Å². The Labute approximate surface area is 135 Å². The molecule has 4 nitrogen and oxygen atoms in total. The summed E-state index contributed by atoms with van der Waals surface area (Å²) in [5.41, 5.74) is 1.51. The number of sulfonamides is 1. The normalized spacial score (nSPS) is 12.3. The smallest absolute Gasteiger partial charge is 0.200 e. The van der Waals surface area contributed by atoms with Crippen LogP contribution in [0, 0.1) is 0 Å². The second-order valence-corrected chi connectivity index (χ2v) is 6.79. The maximum atomic E-state index is 12.2. The van der Waals surface area contributed by atoms with Crippen molar-refractivity contribution in [2.75, 3.05) is 0 Å². The van der Waals surface area contributed by atoms with Gasteiger partial charge in [-0.25, -0.2) is 0 Å². The molecule has 0 fully saturated rings. The number of hydrogen-bond acceptors (Lipinski definition) is 3. The number of hydrazone groups is 1. The van der Waals surface area contributed by atoms with E-state index >= 15 is 0 Å². The Kier molecular flexibility index (Phi) is 4.12. The summed E-state index contributed by atoms with van der Waals surface area (Å²) < 4.78 is 24.4. The Bertz CT molecular complexity index is 959. The first-order valence-electron chi connectivity index (χ1n) is 7.17. The van der Waals surface area contributed by atoms with Gasteiger partial charge in [0.1, 0.15) is 0 Å². The van der Waals surface area contributed by atoms with Crippen LogP contribution in [0.15, 0.2) is 82.8 Å². The summed E-state index contributed by atoms with van der Waals surface area (Å²) in [6.07, 6.45) is 0. The van der Waals surface area contributed by atoms with Crippen molar-refractivity contribution in [1.29, 1.82) is 0 Å². The molecule has 0 spiro atoms. The minimum Gasteiger partial charge on any atom is -0.200 e. The van der Waals surface area contributed by atoms with Gasteiger partial charge in [-0.1, -0.05) is 60.7 Å². The van der Waals surface area contributed by atoms with Crippen molar-refractivity contribution in [3.05, 3.63) is 78.4 Å². The molecule has 0 bridgehead atoms. The van der Waals surface area contributed by atoms with E-state index in [0.29, 0.717) is 5.71 Å². The van der Waals surface area contributed by atoms with E-state index in [9.17, 15) is 8.42 Å². The van der Waals surface area contributed by atoms with Crippen molar-refractivity contribution in [1.82, 2.24) is 4.83 Å². The molecule has 0 radical (unpaired) electrons. The highest BCUT2D eigenvalue weighted by atomic mass is 32.2. The number of hydrogen-bond donors (Lipinski definition) is 1. The van der Waals surface area contributed by atoms with Gasteiger partial charge in [0.15, 0.2) is 0 Å². The predicted octanol–water partition coefficient (Wildman–Crippen LogP) is 3.54. The van der Waals surface area contributed by atoms with Crippen LogP contribution in [0.2, 0.25) is 0 Å². The van der Waals surface area contributed by atoms with Crippen LogP contribution in [0.3, 0.4) is 0 Å². The maximum Gasteiger partial charge on any atom is 0.276 e. The van der Waals surface area contributed by atoms with Crippen LogP contribution in [-0.2, 0) is 10.0 Å². The van der Waals surface area contributed by atoms with Crippen LogP contribution in [0.4, 0.5) is 0 Å². The first kappa shape index (κ1) is 15.2. The van der Waals surface area contributed by atoms with Gasteiger partial charge in [0, 0.05) is 5.56 Å². The van der Waals surface area contributed by atoms with E-state index in [1.165, 1.54) is 12.1 Å². The Hall–Kier alpha value is -2.66. The molecular weight excluding hydrogens is 308 g/mol. The molecule has 0 unspecified atom stereocenters. The molecule has 0 aliphatic carbocycles. The Morgan fingerprint density at radius 1 is 0.870 bits per heavy atom. The van der Waals surface area contributed by atoms with Crippen LogP contribution >= 0.6 is 0 Å². The molecule has 0 amide bonds. The average molecular weight is 324 g/mol. The SMILES string of the molecule is C/C(=N/NS(=O)(=O)c1ccccc1)c1cccc2ccccc12. The van der Waals surface area contributed by atoms with E-state index in [4.69, 9.17) is 0 Å². The fourth-order valence-electron chi connectivity index (χ4n) is 2.38. The van der Waals surface area contributed by atoms with Crippen molar-refractivity contribution in [2.45, 2.75) is 11.8 Å². The standard InChI is InChI=1S/C18H16N2O2S/c1-14(17-13-7-9-15-8-5-6-12-18(15)17)19-20-23(21,22)16-10-3-2-4-11-16/h2-13,20H,1H3/b19-14-. The van der Waals surface area contributed by atoms with Gasteiger partial charge in [-0.3, -0.25) is 0 Å². The third-order valence-corrected chi connectivity index (χ3v) is 4.79. The van der Waals surface area contributed by atoms with Gasteiger partial charge < -0.3 is 0 Å². The Balaban J connectivity index is 1.94. The zero-order valence-corrected chi connectivity index (χ0v) is 13.4. The number of fused-ring (bicyclic) bond motifs is 1. The van der Waals surface area contributed by atoms with E-state index in [0.717, 1.165) is 16.3 Å². The summed E-state index contributed by atoms with van der Waals surface area (Å²) in [5.74, 6) is 0. The largest absolute Gasteiger partial charge is 0.276 e. The second kappa shape index (κ2) is 6.22. The molecule has 0 saturated carbocycles. The topological polar surface area (TPSA) is 58.5 Å². The van der Waals surface area contributed by atoms with Crippen molar-refractivity contribution >= 4 is 26.5 Å². The van der Waals surface area contributed by atoms with E-state index in [-0.39, 0.29) is 4.90 Å². The van der Waals surface area contributed by atoms with Gasteiger partial charge in [-0.2, -0.15) is 18.4 Å².